The molecule has 17 heavy (non-hydrogen) atoms. The van der Waals surface area contributed by atoms with Gasteiger partial charge in [-0.05, 0) is 42.3 Å². The zero-order valence-corrected chi connectivity index (χ0v) is 12.0. The summed E-state index contributed by atoms with van der Waals surface area (Å²) in [4.78, 5) is 0. The van der Waals surface area contributed by atoms with Crippen LogP contribution in [0.5, 0.6) is 0 Å². The van der Waals surface area contributed by atoms with Crippen LogP contribution in [-0.4, -0.2) is 18.8 Å². The van der Waals surface area contributed by atoms with E-state index in [1.54, 1.807) is 0 Å². The van der Waals surface area contributed by atoms with Gasteiger partial charge in [-0.2, -0.15) is 0 Å². The smallest absolute Gasteiger partial charge is 0.405 e. The molecule has 3 aliphatic carbocycles. The third kappa shape index (κ3) is 1.42. The monoisotopic (exact) mass is 236 g/mol. The first-order valence-corrected chi connectivity index (χ1v) is 6.99. The van der Waals surface area contributed by atoms with Crippen LogP contribution >= 0.6 is 0 Å². The van der Waals surface area contributed by atoms with Crippen molar-refractivity contribution >= 4 is 7.12 Å². The summed E-state index contributed by atoms with van der Waals surface area (Å²) in [6.07, 6.45) is 2.84. The second-order valence-corrected chi connectivity index (χ2v) is 8.17. The standard InChI is InChI=1S/C14H25BO2/c1-12(2,3)15-16-11-8-9-7-10(13(9,4)5)14(11,6)17-15/h9-11H,7-8H2,1-6H3/t9-,10-,11?,14-/m0/s1. The van der Waals surface area contributed by atoms with Crippen molar-refractivity contribution in [1.82, 2.24) is 0 Å². The van der Waals surface area contributed by atoms with E-state index in [1.165, 1.54) is 12.8 Å². The average Bonchev–Trinajstić information content (AvgIpc) is 2.53. The summed E-state index contributed by atoms with van der Waals surface area (Å²) in [7, 11) is -0.0346. The Labute approximate surface area is 106 Å². The fourth-order valence-corrected chi connectivity index (χ4v) is 4.24. The Hall–Kier alpha value is -0.0151. The summed E-state index contributed by atoms with van der Waals surface area (Å²) in [6.45, 7) is 13.7. The van der Waals surface area contributed by atoms with Crippen LogP contribution in [0.4, 0.5) is 0 Å². The molecule has 0 radical (unpaired) electrons. The van der Waals surface area contributed by atoms with Crippen molar-refractivity contribution in [3.63, 3.8) is 0 Å². The molecule has 3 saturated carbocycles. The average molecular weight is 236 g/mol. The Kier molecular flexibility index (Phi) is 2.20. The molecule has 0 N–H and O–H groups in total. The quantitative estimate of drug-likeness (QED) is 0.599. The molecule has 4 fully saturated rings. The third-order valence-electron chi connectivity index (χ3n) is 5.66. The molecule has 0 amide bonds. The van der Waals surface area contributed by atoms with Crippen molar-refractivity contribution in [1.29, 1.82) is 0 Å². The van der Waals surface area contributed by atoms with Gasteiger partial charge in [-0.25, -0.2) is 0 Å². The molecule has 3 heteroatoms. The van der Waals surface area contributed by atoms with Gasteiger partial charge in [0.2, 0.25) is 0 Å². The highest BCUT2D eigenvalue weighted by Crippen LogP contribution is 2.66. The zero-order valence-electron chi connectivity index (χ0n) is 12.0. The minimum absolute atomic E-state index is 0.0346. The molecule has 2 bridgehead atoms. The van der Waals surface area contributed by atoms with Gasteiger partial charge < -0.3 is 9.31 Å². The Balaban J connectivity index is 1.87. The third-order valence-corrected chi connectivity index (χ3v) is 5.66. The molecule has 1 unspecified atom stereocenters. The van der Waals surface area contributed by atoms with E-state index in [4.69, 9.17) is 9.31 Å². The van der Waals surface area contributed by atoms with Gasteiger partial charge in [0.05, 0.1) is 11.7 Å². The van der Waals surface area contributed by atoms with Crippen LogP contribution in [0.15, 0.2) is 0 Å². The van der Waals surface area contributed by atoms with Crippen LogP contribution in [-0.2, 0) is 9.31 Å². The molecule has 0 aromatic heterocycles. The highest BCUT2D eigenvalue weighted by Gasteiger charge is 2.68. The lowest BCUT2D eigenvalue weighted by Gasteiger charge is -2.64. The van der Waals surface area contributed by atoms with E-state index in [1.807, 2.05) is 0 Å². The molecule has 1 saturated heterocycles. The predicted octanol–water partition coefficient (Wildman–Crippen LogP) is 3.51. The minimum atomic E-state index is -0.0454. The van der Waals surface area contributed by atoms with Crippen molar-refractivity contribution < 1.29 is 9.31 Å². The summed E-state index contributed by atoms with van der Waals surface area (Å²) in [6, 6.07) is 0. The first-order valence-electron chi connectivity index (χ1n) is 6.99. The van der Waals surface area contributed by atoms with Crippen LogP contribution in [0, 0.1) is 17.3 Å². The molecule has 0 aromatic rings. The number of hydrogen-bond acceptors (Lipinski definition) is 2. The van der Waals surface area contributed by atoms with E-state index in [-0.39, 0.29) is 18.0 Å². The fourth-order valence-electron chi connectivity index (χ4n) is 4.24. The summed E-state index contributed by atoms with van der Waals surface area (Å²) in [5.41, 5.74) is 0.400. The van der Waals surface area contributed by atoms with Crippen LogP contribution in [0.2, 0.25) is 5.31 Å². The Morgan fingerprint density at radius 1 is 1.12 bits per heavy atom. The van der Waals surface area contributed by atoms with Gasteiger partial charge in [-0.15, -0.1) is 0 Å². The molecule has 1 aliphatic heterocycles. The van der Waals surface area contributed by atoms with Crippen molar-refractivity contribution in [2.45, 2.75) is 71.4 Å². The first-order chi connectivity index (χ1) is 7.65. The summed E-state index contributed by atoms with van der Waals surface area (Å²) in [5, 5.41) is 0.0783. The fraction of sp³-hybridized carbons (Fsp3) is 1.00. The first kappa shape index (κ1) is 12.0. The van der Waals surface area contributed by atoms with Gasteiger partial charge in [0.25, 0.3) is 0 Å². The Morgan fingerprint density at radius 2 is 1.76 bits per heavy atom. The van der Waals surface area contributed by atoms with Crippen molar-refractivity contribution in [2.24, 2.45) is 17.3 Å². The lowest BCUT2D eigenvalue weighted by molar-refractivity contribution is -0.199. The summed E-state index contributed by atoms with van der Waals surface area (Å²) < 4.78 is 12.6. The van der Waals surface area contributed by atoms with Crippen LogP contribution in [0.1, 0.15) is 54.4 Å². The molecule has 4 aliphatic rings. The van der Waals surface area contributed by atoms with E-state index in [0.29, 0.717) is 17.4 Å². The van der Waals surface area contributed by atoms with Crippen molar-refractivity contribution in [3.05, 3.63) is 0 Å². The van der Waals surface area contributed by atoms with Crippen LogP contribution in [0.25, 0.3) is 0 Å². The van der Waals surface area contributed by atoms with Crippen LogP contribution < -0.4 is 0 Å². The van der Waals surface area contributed by atoms with Gasteiger partial charge in [0, 0.05) is 0 Å². The molecular formula is C14H25BO2. The van der Waals surface area contributed by atoms with E-state index < -0.39 is 0 Å². The number of rotatable bonds is 0. The molecular weight excluding hydrogens is 211 g/mol. The number of hydrogen-bond donors (Lipinski definition) is 0. The summed E-state index contributed by atoms with van der Waals surface area (Å²) in [5.74, 6) is 1.51. The maximum absolute atomic E-state index is 6.38. The summed E-state index contributed by atoms with van der Waals surface area (Å²) >= 11 is 0. The Bertz CT molecular complexity index is 347. The maximum atomic E-state index is 6.38. The van der Waals surface area contributed by atoms with Gasteiger partial charge in [0.15, 0.2) is 0 Å². The zero-order chi connectivity index (χ0) is 12.6. The maximum Gasteiger partial charge on any atom is 0.463 e. The van der Waals surface area contributed by atoms with E-state index in [0.717, 1.165) is 5.92 Å². The van der Waals surface area contributed by atoms with Crippen molar-refractivity contribution in [3.8, 4) is 0 Å². The molecule has 96 valence electrons. The van der Waals surface area contributed by atoms with E-state index >= 15 is 0 Å². The topological polar surface area (TPSA) is 18.5 Å². The molecule has 0 spiro atoms. The van der Waals surface area contributed by atoms with E-state index in [2.05, 4.69) is 41.5 Å². The largest absolute Gasteiger partial charge is 0.463 e. The predicted molar refractivity (Wildman–Crippen MR) is 69.8 cm³/mol. The molecule has 0 aromatic carbocycles. The van der Waals surface area contributed by atoms with Gasteiger partial charge in [0.1, 0.15) is 0 Å². The lowest BCUT2D eigenvalue weighted by Crippen LogP contribution is -2.65. The SMILES string of the molecule is CC(C)(C)B1OC2C[C@@H]3C[C@@H](C3(C)C)[C@]2(C)O1. The Morgan fingerprint density at radius 3 is 2.29 bits per heavy atom. The highest BCUT2D eigenvalue weighted by molar-refractivity contribution is 6.49. The van der Waals surface area contributed by atoms with Gasteiger partial charge in [-0.1, -0.05) is 34.6 Å². The molecule has 4 atom stereocenters. The normalized spacial score (nSPS) is 47.6. The second kappa shape index (κ2) is 3.11. The minimum Gasteiger partial charge on any atom is -0.405 e. The van der Waals surface area contributed by atoms with Gasteiger partial charge in [-0.3, -0.25) is 0 Å². The highest BCUT2D eigenvalue weighted by atomic mass is 16.7. The second-order valence-electron chi connectivity index (χ2n) is 8.17. The van der Waals surface area contributed by atoms with Gasteiger partial charge >= 0.3 is 7.12 Å². The molecule has 2 nitrogen and oxygen atoms in total. The molecule has 4 rings (SSSR count). The van der Waals surface area contributed by atoms with Crippen molar-refractivity contribution in [2.75, 3.05) is 0 Å². The lowest BCUT2D eigenvalue weighted by atomic mass is 9.43. The van der Waals surface area contributed by atoms with E-state index in [9.17, 15) is 0 Å². The molecule has 1 heterocycles. The van der Waals surface area contributed by atoms with Crippen LogP contribution in [0.3, 0.4) is 0 Å².